The number of nitrogens with two attached hydrogens (primary N) is 2. The number of benzene rings is 1. The Labute approximate surface area is 124 Å². The summed E-state index contributed by atoms with van der Waals surface area (Å²) in [5.41, 5.74) is 10.5. The first kappa shape index (κ1) is 16.0. The summed E-state index contributed by atoms with van der Waals surface area (Å²) in [7, 11) is 0. The summed E-state index contributed by atoms with van der Waals surface area (Å²) in [6.07, 6.45) is 2.54. The Morgan fingerprint density at radius 3 is 2.20 bits per heavy atom. The molecule has 20 heavy (non-hydrogen) atoms. The third-order valence-corrected chi connectivity index (χ3v) is 2.97. The van der Waals surface area contributed by atoms with E-state index in [1.165, 1.54) is 6.08 Å². The van der Waals surface area contributed by atoms with Crippen molar-refractivity contribution in [1.29, 1.82) is 0 Å². The van der Waals surface area contributed by atoms with E-state index in [2.05, 4.69) is 5.32 Å². The molecule has 1 rings (SSSR count). The van der Waals surface area contributed by atoms with Gasteiger partial charge in [-0.25, -0.2) is 0 Å². The summed E-state index contributed by atoms with van der Waals surface area (Å²) in [4.78, 5) is 33.3. The van der Waals surface area contributed by atoms with Crippen LogP contribution in [0.4, 0.5) is 0 Å². The molecule has 0 spiro atoms. The van der Waals surface area contributed by atoms with Crippen LogP contribution in [0, 0.1) is 0 Å². The van der Waals surface area contributed by atoms with E-state index < -0.39 is 23.8 Å². The highest BCUT2D eigenvalue weighted by Crippen LogP contribution is 2.22. The standard InChI is InChI=1S/C12H11Cl2N3O3/c13-7-3-1-6(5-8(7)14)2-4-9(18)17-10(11(15)19)12(16)20/h1-5,10H,(H2,15,19)(H2,16,20)(H,17,18)/b4-2+. The van der Waals surface area contributed by atoms with Crippen molar-refractivity contribution in [3.63, 3.8) is 0 Å². The normalized spacial score (nSPS) is 10.8. The molecule has 6 nitrogen and oxygen atoms in total. The van der Waals surface area contributed by atoms with Crippen molar-refractivity contribution in [2.45, 2.75) is 6.04 Å². The van der Waals surface area contributed by atoms with E-state index in [0.29, 0.717) is 15.6 Å². The number of primary amides is 2. The Morgan fingerprint density at radius 1 is 1.10 bits per heavy atom. The molecule has 8 heteroatoms. The van der Waals surface area contributed by atoms with Gasteiger partial charge >= 0.3 is 0 Å². The van der Waals surface area contributed by atoms with Crippen molar-refractivity contribution in [3.05, 3.63) is 39.9 Å². The van der Waals surface area contributed by atoms with Crippen molar-refractivity contribution < 1.29 is 14.4 Å². The predicted molar refractivity (Wildman–Crippen MR) is 75.8 cm³/mol. The lowest BCUT2D eigenvalue weighted by Crippen LogP contribution is -2.52. The number of nitrogens with one attached hydrogen (secondary N) is 1. The van der Waals surface area contributed by atoms with E-state index in [4.69, 9.17) is 34.7 Å². The van der Waals surface area contributed by atoms with Crippen molar-refractivity contribution in [2.75, 3.05) is 0 Å². The third kappa shape index (κ3) is 4.56. The second-order valence-corrected chi connectivity index (χ2v) is 4.57. The molecule has 0 aliphatic heterocycles. The summed E-state index contributed by atoms with van der Waals surface area (Å²) in [6, 6.07) is 3.20. The van der Waals surface area contributed by atoms with E-state index in [9.17, 15) is 14.4 Å². The van der Waals surface area contributed by atoms with Gasteiger partial charge in [-0.05, 0) is 23.8 Å². The zero-order valence-corrected chi connectivity index (χ0v) is 11.6. The summed E-state index contributed by atoms with van der Waals surface area (Å²) in [6.45, 7) is 0. The molecule has 0 atom stereocenters. The van der Waals surface area contributed by atoms with Gasteiger partial charge in [0.15, 0.2) is 6.04 Å². The van der Waals surface area contributed by atoms with Crippen LogP contribution in [-0.2, 0) is 14.4 Å². The van der Waals surface area contributed by atoms with Crippen LogP contribution in [0.25, 0.3) is 6.08 Å². The summed E-state index contributed by atoms with van der Waals surface area (Å²) in [5, 5.41) is 2.80. The summed E-state index contributed by atoms with van der Waals surface area (Å²) >= 11 is 11.6. The van der Waals surface area contributed by atoms with E-state index >= 15 is 0 Å². The van der Waals surface area contributed by atoms with E-state index in [1.54, 1.807) is 18.2 Å². The fourth-order valence-electron chi connectivity index (χ4n) is 1.26. The molecule has 106 valence electrons. The topological polar surface area (TPSA) is 115 Å². The highest BCUT2D eigenvalue weighted by molar-refractivity contribution is 6.42. The molecule has 1 aromatic rings. The number of carbonyl (C=O) groups is 3. The fourth-order valence-corrected chi connectivity index (χ4v) is 1.57. The molecule has 0 unspecified atom stereocenters. The molecule has 1 aromatic carbocycles. The number of amides is 3. The number of hydrogen-bond acceptors (Lipinski definition) is 3. The Morgan fingerprint density at radius 2 is 1.70 bits per heavy atom. The van der Waals surface area contributed by atoms with Gasteiger partial charge in [-0.15, -0.1) is 0 Å². The van der Waals surface area contributed by atoms with Crippen molar-refractivity contribution in [1.82, 2.24) is 5.32 Å². The predicted octanol–water partition coefficient (Wildman–Crippen LogP) is 0.462. The molecule has 0 radical (unpaired) electrons. The van der Waals surface area contributed by atoms with Gasteiger partial charge in [0.1, 0.15) is 0 Å². The van der Waals surface area contributed by atoms with Crippen molar-refractivity contribution in [3.8, 4) is 0 Å². The lowest BCUT2D eigenvalue weighted by Gasteiger charge is -2.09. The number of hydrogen-bond donors (Lipinski definition) is 3. The highest BCUT2D eigenvalue weighted by Gasteiger charge is 2.22. The second kappa shape index (κ2) is 6.93. The summed E-state index contributed by atoms with van der Waals surface area (Å²) < 4.78 is 0. The Kier molecular flexibility index (Phi) is 5.54. The fraction of sp³-hybridized carbons (Fsp3) is 0.0833. The van der Waals surface area contributed by atoms with Crippen LogP contribution in [0.1, 0.15) is 5.56 Å². The minimum absolute atomic E-state index is 0.335. The smallest absolute Gasteiger partial charge is 0.249 e. The first-order valence-electron chi connectivity index (χ1n) is 5.33. The van der Waals surface area contributed by atoms with Gasteiger partial charge in [-0.3, -0.25) is 14.4 Å². The van der Waals surface area contributed by atoms with Crippen molar-refractivity contribution >= 4 is 47.0 Å². The molecule has 3 amide bonds. The van der Waals surface area contributed by atoms with E-state index in [0.717, 1.165) is 6.08 Å². The molecular weight excluding hydrogens is 305 g/mol. The number of halogens is 2. The van der Waals surface area contributed by atoms with Gasteiger partial charge in [0.2, 0.25) is 17.7 Å². The maximum Gasteiger partial charge on any atom is 0.249 e. The molecule has 0 saturated carbocycles. The van der Waals surface area contributed by atoms with Gasteiger partial charge < -0.3 is 16.8 Å². The average Bonchev–Trinajstić information content (AvgIpc) is 2.36. The number of rotatable bonds is 5. The van der Waals surface area contributed by atoms with Crippen LogP contribution in [0.2, 0.25) is 10.0 Å². The lowest BCUT2D eigenvalue weighted by atomic mass is 10.2. The average molecular weight is 316 g/mol. The van der Waals surface area contributed by atoms with Gasteiger partial charge in [0.05, 0.1) is 10.0 Å². The molecule has 0 fully saturated rings. The van der Waals surface area contributed by atoms with Gasteiger partial charge in [-0.2, -0.15) is 0 Å². The quantitative estimate of drug-likeness (QED) is 0.541. The lowest BCUT2D eigenvalue weighted by molar-refractivity contribution is -0.132. The third-order valence-electron chi connectivity index (χ3n) is 2.23. The van der Waals surface area contributed by atoms with Crippen LogP contribution in [0.5, 0.6) is 0 Å². The van der Waals surface area contributed by atoms with E-state index in [1.807, 2.05) is 0 Å². The largest absolute Gasteiger partial charge is 0.367 e. The molecule has 0 aliphatic carbocycles. The molecule has 0 aliphatic rings. The van der Waals surface area contributed by atoms with Gasteiger partial charge in [0.25, 0.3) is 0 Å². The van der Waals surface area contributed by atoms with Crippen molar-refractivity contribution in [2.24, 2.45) is 11.5 Å². The Balaban J connectivity index is 2.74. The molecule has 0 saturated heterocycles. The molecule has 0 heterocycles. The highest BCUT2D eigenvalue weighted by atomic mass is 35.5. The van der Waals surface area contributed by atoms with Crippen LogP contribution in [0.15, 0.2) is 24.3 Å². The monoisotopic (exact) mass is 315 g/mol. The Bertz CT molecular complexity index is 573. The minimum Gasteiger partial charge on any atom is -0.367 e. The SMILES string of the molecule is NC(=O)C(NC(=O)/C=C/c1ccc(Cl)c(Cl)c1)C(N)=O. The Hall–Kier alpha value is -2.05. The molecular formula is C12H11Cl2N3O3. The number of carbonyl (C=O) groups excluding carboxylic acids is 3. The maximum atomic E-state index is 11.5. The van der Waals surface area contributed by atoms with E-state index in [-0.39, 0.29) is 0 Å². The molecule has 0 aromatic heterocycles. The maximum absolute atomic E-state index is 11.5. The zero-order chi connectivity index (χ0) is 15.3. The van der Waals surface area contributed by atoms with Crippen LogP contribution in [0.3, 0.4) is 0 Å². The first-order chi connectivity index (χ1) is 9.31. The minimum atomic E-state index is -1.55. The summed E-state index contributed by atoms with van der Waals surface area (Å²) in [5.74, 6) is -2.76. The zero-order valence-electron chi connectivity index (χ0n) is 10.1. The second-order valence-electron chi connectivity index (χ2n) is 3.75. The van der Waals surface area contributed by atoms with Gasteiger partial charge in [0, 0.05) is 6.08 Å². The molecule has 0 bridgehead atoms. The van der Waals surface area contributed by atoms with Gasteiger partial charge in [-0.1, -0.05) is 29.3 Å². The molecule has 5 N–H and O–H groups in total. The van der Waals surface area contributed by atoms with Crippen LogP contribution >= 0.6 is 23.2 Å². The first-order valence-corrected chi connectivity index (χ1v) is 6.09. The van der Waals surface area contributed by atoms with Crippen LogP contribution in [-0.4, -0.2) is 23.8 Å². The van der Waals surface area contributed by atoms with Crippen LogP contribution < -0.4 is 16.8 Å².